The maximum absolute atomic E-state index is 12.3. The first kappa shape index (κ1) is 15.7. The summed E-state index contributed by atoms with van der Waals surface area (Å²) in [4.78, 5) is 16.5. The molecule has 122 valence electrons. The fourth-order valence-electron chi connectivity index (χ4n) is 2.37. The Bertz CT molecular complexity index is 826. The van der Waals surface area contributed by atoms with E-state index in [1.54, 1.807) is 7.11 Å². The Balaban J connectivity index is 1.74. The zero-order valence-corrected chi connectivity index (χ0v) is 13.3. The van der Waals surface area contributed by atoms with E-state index in [0.29, 0.717) is 18.7 Å². The zero-order valence-electron chi connectivity index (χ0n) is 13.3. The lowest BCUT2D eigenvalue weighted by Gasteiger charge is -2.02. The van der Waals surface area contributed by atoms with Gasteiger partial charge >= 0.3 is 0 Å². The number of aromatic nitrogens is 3. The molecule has 0 saturated carbocycles. The van der Waals surface area contributed by atoms with Crippen LogP contribution in [0.15, 0.2) is 54.6 Å². The Labute approximate surface area is 139 Å². The topological polar surface area (TPSA) is 83.0 Å². The molecule has 1 aromatic heterocycles. The van der Waals surface area contributed by atoms with E-state index in [-0.39, 0.29) is 11.9 Å². The highest BCUT2D eigenvalue weighted by atomic mass is 16.5. The second kappa shape index (κ2) is 6.95. The largest absolute Gasteiger partial charge is 0.497 e. The van der Waals surface area contributed by atoms with Gasteiger partial charge in [-0.15, -0.1) is 5.10 Å². The lowest BCUT2D eigenvalue weighted by atomic mass is 10.1. The van der Waals surface area contributed by atoms with Crippen molar-refractivity contribution in [2.75, 3.05) is 12.8 Å². The zero-order chi connectivity index (χ0) is 16.9. The number of nitrogens with zero attached hydrogens (tertiary/aromatic N) is 3. The van der Waals surface area contributed by atoms with Crippen LogP contribution in [0.25, 0.3) is 11.4 Å². The van der Waals surface area contributed by atoms with Crippen LogP contribution in [-0.4, -0.2) is 27.8 Å². The van der Waals surface area contributed by atoms with Crippen molar-refractivity contribution in [3.63, 3.8) is 0 Å². The van der Waals surface area contributed by atoms with E-state index in [4.69, 9.17) is 10.5 Å². The van der Waals surface area contributed by atoms with Crippen molar-refractivity contribution < 1.29 is 9.53 Å². The van der Waals surface area contributed by atoms with Gasteiger partial charge in [-0.3, -0.25) is 4.79 Å². The third kappa shape index (κ3) is 3.43. The normalized spacial score (nSPS) is 10.5. The van der Waals surface area contributed by atoms with Crippen LogP contribution in [0.2, 0.25) is 0 Å². The SMILES string of the molecule is COc1ccc(-c2nc(N)n(C(=O)CCc3ccccc3)n2)cc1. The first-order valence-electron chi connectivity index (χ1n) is 7.61. The Kier molecular flexibility index (Phi) is 4.56. The molecule has 0 aliphatic heterocycles. The van der Waals surface area contributed by atoms with Crippen LogP contribution in [0, 0.1) is 0 Å². The van der Waals surface area contributed by atoms with Crippen LogP contribution in [0.1, 0.15) is 16.8 Å². The molecule has 0 saturated heterocycles. The minimum Gasteiger partial charge on any atom is -0.497 e. The molecule has 0 fully saturated rings. The van der Waals surface area contributed by atoms with Crippen molar-refractivity contribution in [1.82, 2.24) is 14.8 Å². The fourth-order valence-corrected chi connectivity index (χ4v) is 2.37. The van der Waals surface area contributed by atoms with Crippen molar-refractivity contribution in [3.05, 3.63) is 60.2 Å². The van der Waals surface area contributed by atoms with E-state index in [1.807, 2.05) is 54.6 Å². The number of ether oxygens (including phenoxy) is 1. The molecule has 0 bridgehead atoms. The molecular weight excluding hydrogens is 304 g/mol. The van der Waals surface area contributed by atoms with E-state index >= 15 is 0 Å². The summed E-state index contributed by atoms with van der Waals surface area (Å²) in [5, 5.41) is 4.24. The smallest absolute Gasteiger partial charge is 0.250 e. The second-order valence-electron chi connectivity index (χ2n) is 5.31. The number of nitrogens with two attached hydrogens (primary N) is 1. The highest BCUT2D eigenvalue weighted by molar-refractivity contribution is 5.81. The Morgan fingerprint density at radius 3 is 2.50 bits per heavy atom. The molecule has 0 aliphatic carbocycles. The first-order valence-corrected chi connectivity index (χ1v) is 7.61. The molecule has 3 aromatic rings. The number of hydrogen-bond donors (Lipinski definition) is 1. The number of carbonyl (C=O) groups is 1. The van der Waals surface area contributed by atoms with Crippen LogP contribution in [0.3, 0.4) is 0 Å². The van der Waals surface area contributed by atoms with E-state index in [2.05, 4.69) is 10.1 Å². The summed E-state index contributed by atoms with van der Waals surface area (Å²) in [7, 11) is 1.60. The Morgan fingerprint density at radius 2 is 1.83 bits per heavy atom. The summed E-state index contributed by atoms with van der Waals surface area (Å²) in [5.41, 5.74) is 7.72. The van der Waals surface area contributed by atoms with Crippen molar-refractivity contribution in [3.8, 4) is 17.1 Å². The number of benzene rings is 2. The minimum absolute atomic E-state index is 0.0962. The van der Waals surface area contributed by atoms with Crippen molar-refractivity contribution in [2.24, 2.45) is 0 Å². The maximum Gasteiger partial charge on any atom is 0.250 e. The number of hydrogen-bond acceptors (Lipinski definition) is 5. The molecule has 0 spiro atoms. The third-order valence-corrected chi connectivity index (χ3v) is 3.69. The van der Waals surface area contributed by atoms with E-state index in [9.17, 15) is 4.79 Å². The highest BCUT2D eigenvalue weighted by Gasteiger charge is 2.15. The highest BCUT2D eigenvalue weighted by Crippen LogP contribution is 2.20. The van der Waals surface area contributed by atoms with Crippen LogP contribution < -0.4 is 10.5 Å². The van der Waals surface area contributed by atoms with E-state index in [1.165, 1.54) is 4.68 Å². The van der Waals surface area contributed by atoms with Gasteiger partial charge in [-0.2, -0.15) is 9.67 Å². The molecule has 0 unspecified atom stereocenters. The molecular formula is C18H18N4O2. The van der Waals surface area contributed by atoms with Crippen molar-refractivity contribution in [1.29, 1.82) is 0 Å². The molecule has 0 radical (unpaired) electrons. The van der Waals surface area contributed by atoms with Crippen LogP contribution >= 0.6 is 0 Å². The number of nitrogen functional groups attached to an aromatic ring is 1. The molecule has 0 aliphatic rings. The Hall–Kier alpha value is -3.15. The van der Waals surface area contributed by atoms with Crippen LogP contribution in [-0.2, 0) is 6.42 Å². The predicted molar refractivity (Wildman–Crippen MR) is 91.8 cm³/mol. The molecule has 6 heteroatoms. The second-order valence-corrected chi connectivity index (χ2v) is 5.31. The van der Waals surface area contributed by atoms with Gasteiger partial charge in [0.1, 0.15) is 5.75 Å². The van der Waals surface area contributed by atoms with Gasteiger partial charge in [0.15, 0.2) is 5.82 Å². The molecule has 6 nitrogen and oxygen atoms in total. The van der Waals surface area contributed by atoms with Gasteiger partial charge in [-0.1, -0.05) is 30.3 Å². The van der Waals surface area contributed by atoms with Gasteiger partial charge in [-0.25, -0.2) is 0 Å². The standard InChI is InChI=1S/C18H18N4O2/c1-24-15-10-8-14(9-11-15)17-20-18(19)22(21-17)16(23)12-7-13-5-3-2-4-6-13/h2-6,8-11H,7,12H2,1H3,(H2,19,20,21). The minimum atomic E-state index is -0.177. The summed E-state index contributed by atoms with van der Waals surface area (Å²) >= 11 is 0. The van der Waals surface area contributed by atoms with E-state index < -0.39 is 0 Å². The number of anilines is 1. The third-order valence-electron chi connectivity index (χ3n) is 3.69. The summed E-state index contributed by atoms with van der Waals surface area (Å²) in [6.07, 6.45) is 0.955. The lowest BCUT2D eigenvalue weighted by Crippen LogP contribution is -2.15. The monoisotopic (exact) mass is 322 g/mol. The van der Waals surface area contributed by atoms with Crippen molar-refractivity contribution >= 4 is 11.9 Å². The molecule has 24 heavy (non-hydrogen) atoms. The number of carbonyl (C=O) groups excluding carboxylic acids is 1. The lowest BCUT2D eigenvalue weighted by molar-refractivity contribution is 0.0890. The van der Waals surface area contributed by atoms with Crippen LogP contribution in [0.5, 0.6) is 5.75 Å². The van der Waals surface area contributed by atoms with E-state index in [0.717, 1.165) is 16.9 Å². The first-order chi connectivity index (χ1) is 11.7. The van der Waals surface area contributed by atoms with Crippen molar-refractivity contribution in [2.45, 2.75) is 12.8 Å². The average molecular weight is 322 g/mol. The predicted octanol–water partition coefficient (Wildman–Crippen LogP) is 2.81. The van der Waals surface area contributed by atoms with Gasteiger partial charge in [0, 0.05) is 12.0 Å². The summed E-state index contributed by atoms with van der Waals surface area (Å²) in [6, 6.07) is 17.1. The van der Waals surface area contributed by atoms with Gasteiger partial charge < -0.3 is 10.5 Å². The molecule has 2 N–H and O–H groups in total. The number of rotatable bonds is 5. The quantitative estimate of drug-likeness (QED) is 0.781. The molecule has 0 atom stereocenters. The summed E-state index contributed by atoms with van der Waals surface area (Å²) < 4.78 is 6.29. The fraction of sp³-hybridized carbons (Fsp3) is 0.167. The molecule has 0 amide bonds. The Morgan fingerprint density at radius 1 is 1.12 bits per heavy atom. The summed E-state index contributed by atoms with van der Waals surface area (Å²) in [6.45, 7) is 0. The average Bonchev–Trinajstić information content (AvgIpc) is 3.02. The number of aryl methyl sites for hydroxylation is 1. The van der Waals surface area contributed by atoms with Gasteiger partial charge in [0.05, 0.1) is 7.11 Å². The van der Waals surface area contributed by atoms with Gasteiger partial charge in [0.2, 0.25) is 11.9 Å². The van der Waals surface area contributed by atoms with Gasteiger partial charge in [0.25, 0.3) is 0 Å². The molecule has 3 rings (SSSR count). The van der Waals surface area contributed by atoms with Gasteiger partial charge in [-0.05, 0) is 36.2 Å². The molecule has 1 heterocycles. The molecule has 2 aromatic carbocycles. The number of methoxy groups -OCH3 is 1. The summed E-state index contributed by atoms with van der Waals surface area (Å²) in [5.74, 6) is 1.08. The maximum atomic E-state index is 12.3. The van der Waals surface area contributed by atoms with Crippen LogP contribution in [0.4, 0.5) is 5.95 Å².